The van der Waals surface area contributed by atoms with Crippen LogP contribution < -0.4 is 0 Å². The summed E-state index contributed by atoms with van der Waals surface area (Å²) in [6.45, 7) is 3.17. The van der Waals surface area contributed by atoms with Crippen LogP contribution in [0.2, 0.25) is 0 Å². The van der Waals surface area contributed by atoms with Crippen LogP contribution in [0.5, 0.6) is 0 Å². The molecule has 1 fully saturated rings. The Balaban J connectivity index is 2.16. The van der Waals surface area contributed by atoms with Crippen molar-refractivity contribution in [1.82, 2.24) is 4.90 Å². The van der Waals surface area contributed by atoms with Crippen LogP contribution in [0.25, 0.3) is 0 Å². The Labute approximate surface area is 130 Å². The van der Waals surface area contributed by atoms with E-state index in [1.165, 1.54) is 51.4 Å². The van der Waals surface area contributed by atoms with Crippen molar-refractivity contribution in [3.8, 4) is 0 Å². The monoisotopic (exact) mass is 301 g/mol. The van der Waals surface area contributed by atoms with Gasteiger partial charge in [-0.3, -0.25) is 4.79 Å². The summed E-state index contributed by atoms with van der Waals surface area (Å²) in [5.74, 6) is 0.939. The van der Waals surface area contributed by atoms with Crippen LogP contribution in [-0.2, 0) is 4.79 Å². The number of carbonyl (C=O) groups is 1. The number of hydrogen-bond donors (Lipinski definition) is 0. The largest absolute Gasteiger partial charge is 0.339 e. The van der Waals surface area contributed by atoms with Crippen LogP contribution in [0.1, 0.15) is 84.0 Å². The fraction of sp³-hybridized carbons (Fsp3) is 0.941. The molecule has 0 aliphatic carbocycles. The van der Waals surface area contributed by atoms with Crippen LogP contribution in [0.3, 0.4) is 0 Å². The van der Waals surface area contributed by atoms with Gasteiger partial charge in [0.1, 0.15) is 0 Å². The number of nitrogens with zero attached hydrogens (tertiary/aromatic N) is 1. The van der Waals surface area contributed by atoms with E-state index in [-0.39, 0.29) is 6.04 Å². The summed E-state index contributed by atoms with van der Waals surface area (Å²) in [6, 6.07) is 0.288. The van der Waals surface area contributed by atoms with Gasteiger partial charge in [0.2, 0.25) is 5.91 Å². The number of likely N-dealkylation sites (tertiary alicyclic amines) is 1. The highest BCUT2D eigenvalue weighted by molar-refractivity contribution is 6.18. The predicted octanol–water partition coefficient (Wildman–Crippen LogP) is 5.14. The lowest BCUT2D eigenvalue weighted by Gasteiger charge is -2.28. The smallest absolute Gasteiger partial charge is 0.222 e. The average molecular weight is 302 g/mol. The first-order chi connectivity index (χ1) is 9.79. The lowest BCUT2D eigenvalue weighted by Crippen LogP contribution is -2.41. The Kier molecular flexibility index (Phi) is 10.2. The summed E-state index contributed by atoms with van der Waals surface area (Å²) in [7, 11) is 0. The highest BCUT2D eigenvalue weighted by atomic mass is 35.5. The highest BCUT2D eigenvalue weighted by Gasteiger charge is 2.23. The maximum Gasteiger partial charge on any atom is 0.222 e. The van der Waals surface area contributed by atoms with E-state index in [9.17, 15) is 4.79 Å². The predicted molar refractivity (Wildman–Crippen MR) is 87.3 cm³/mol. The summed E-state index contributed by atoms with van der Waals surface area (Å²) in [4.78, 5) is 14.4. The van der Waals surface area contributed by atoms with Crippen LogP contribution >= 0.6 is 11.6 Å². The van der Waals surface area contributed by atoms with Crippen molar-refractivity contribution in [2.75, 3.05) is 12.4 Å². The number of alkyl halides is 1. The maximum absolute atomic E-state index is 12.3. The van der Waals surface area contributed by atoms with Gasteiger partial charge >= 0.3 is 0 Å². The Hall–Kier alpha value is -0.240. The van der Waals surface area contributed by atoms with Gasteiger partial charge in [0.25, 0.3) is 0 Å². The first kappa shape index (κ1) is 17.8. The van der Waals surface area contributed by atoms with Gasteiger partial charge in [0, 0.05) is 24.9 Å². The van der Waals surface area contributed by atoms with E-state index in [0.717, 1.165) is 32.2 Å². The second-order valence-corrected chi connectivity index (χ2v) is 6.42. The van der Waals surface area contributed by atoms with Gasteiger partial charge in [0.05, 0.1) is 0 Å². The van der Waals surface area contributed by atoms with Crippen molar-refractivity contribution in [3.63, 3.8) is 0 Å². The number of unbranched alkanes of at least 4 members (excludes halogenated alkanes) is 6. The molecule has 118 valence electrons. The van der Waals surface area contributed by atoms with Crippen molar-refractivity contribution < 1.29 is 4.79 Å². The third-order valence-electron chi connectivity index (χ3n) is 4.37. The molecule has 1 rings (SSSR count). The normalized spacial score (nSPS) is 19.9. The van der Waals surface area contributed by atoms with Crippen molar-refractivity contribution in [2.45, 2.75) is 90.0 Å². The molecule has 1 amide bonds. The molecular weight excluding hydrogens is 270 g/mol. The first-order valence-corrected chi connectivity index (χ1v) is 9.18. The molecule has 0 aromatic heterocycles. The van der Waals surface area contributed by atoms with E-state index in [1.54, 1.807) is 0 Å². The third-order valence-corrected chi connectivity index (χ3v) is 4.73. The molecule has 1 aliphatic rings. The molecule has 1 unspecified atom stereocenters. The Morgan fingerprint density at radius 2 is 1.75 bits per heavy atom. The zero-order valence-corrected chi connectivity index (χ0v) is 14.0. The molecule has 1 saturated heterocycles. The molecule has 1 atom stereocenters. The summed E-state index contributed by atoms with van der Waals surface area (Å²) in [5.41, 5.74) is 0. The van der Waals surface area contributed by atoms with Gasteiger partial charge in [-0.15, -0.1) is 11.6 Å². The molecule has 0 N–H and O–H groups in total. The molecule has 1 heterocycles. The average Bonchev–Trinajstić information content (AvgIpc) is 2.71. The van der Waals surface area contributed by atoms with Crippen molar-refractivity contribution >= 4 is 17.5 Å². The lowest BCUT2D eigenvalue weighted by molar-refractivity contribution is -0.133. The third kappa shape index (κ3) is 6.97. The second kappa shape index (κ2) is 11.4. The number of hydrogen-bond acceptors (Lipinski definition) is 1. The molecule has 3 heteroatoms. The number of amides is 1. The van der Waals surface area contributed by atoms with E-state index in [1.807, 2.05) is 0 Å². The van der Waals surface area contributed by atoms with Gasteiger partial charge in [0.15, 0.2) is 0 Å². The summed E-state index contributed by atoms with van der Waals surface area (Å²) >= 11 is 6.03. The van der Waals surface area contributed by atoms with Gasteiger partial charge in [-0.05, 0) is 19.3 Å². The summed E-state index contributed by atoms with van der Waals surface area (Å²) in [6.07, 6.45) is 14.3. The van der Waals surface area contributed by atoms with Crippen molar-refractivity contribution in [1.29, 1.82) is 0 Å². The van der Waals surface area contributed by atoms with Crippen LogP contribution in [0.4, 0.5) is 0 Å². The van der Waals surface area contributed by atoms with E-state index >= 15 is 0 Å². The second-order valence-electron chi connectivity index (χ2n) is 6.12. The fourth-order valence-electron chi connectivity index (χ4n) is 3.04. The van der Waals surface area contributed by atoms with E-state index in [2.05, 4.69) is 11.8 Å². The molecule has 0 spiro atoms. The summed E-state index contributed by atoms with van der Waals surface area (Å²) in [5, 5.41) is 0. The lowest BCUT2D eigenvalue weighted by atomic mass is 10.1. The zero-order valence-electron chi connectivity index (χ0n) is 13.2. The molecule has 0 aromatic carbocycles. The van der Waals surface area contributed by atoms with Crippen LogP contribution in [0.15, 0.2) is 0 Å². The standard InChI is InChI=1S/C17H32ClNO/c1-2-3-4-5-6-7-10-13-17(20)19-14-11-8-9-12-16(19)15-18/h16H,2-15H2,1H3. The number of rotatable bonds is 9. The van der Waals surface area contributed by atoms with Crippen LogP contribution in [-0.4, -0.2) is 29.3 Å². The highest BCUT2D eigenvalue weighted by Crippen LogP contribution is 2.19. The minimum absolute atomic E-state index is 0.288. The summed E-state index contributed by atoms with van der Waals surface area (Å²) < 4.78 is 0. The SMILES string of the molecule is CCCCCCCCCC(=O)N1CCCCCC1CCl. The maximum atomic E-state index is 12.3. The van der Waals surface area contributed by atoms with Gasteiger partial charge in [-0.1, -0.05) is 58.3 Å². The Bertz CT molecular complexity index is 257. The topological polar surface area (TPSA) is 20.3 Å². The minimum atomic E-state index is 0.288. The van der Waals surface area contributed by atoms with E-state index in [4.69, 9.17) is 11.6 Å². The van der Waals surface area contributed by atoms with Crippen LogP contribution in [0, 0.1) is 0 Å². The Morgan fingerprint density at radius 3 is 2.45 bits per heavy atom. The molecular formula is C17H32ClNO. The van der Waals surface area contributed by atoms with Gasteiger partial charge < -0.3 is 4.90 Å². The van der Waals surface area contributed by atoms with E-state index < -0.39 is 0 Å². The quantitative estimate of drug-likeness (QED) is 0.427. The van der Waals surface area contributed by atoms with Crippen molar-refractivity contribution in [3.05, 3.63) is 0 Å². The number of halogens is 1. The first-order valence-electron chi connectivity index (χ1n) is 8.65. The van der Waals surface area contributed by atoms with E-state index in [0.29, 0.717) is 11.8 Å². The van der Waals surface area contributed by atoms with Gasteiger partial charge in [-0.25, -0.2) is 0 Å². The molecule has 0 aromatic rings. The fourth-order valence-corrected chi connectivity index (χ4v) is 3.36. The molecule has 0 bridgehead atoms. The number of carbonyl (C=O) groups excluding carboxylic acids is 1. The van der Waals surface area contributed by atoms with Gasteiger partial charge in [-0.2, -0.15) is 0 Å². The molecule has 0 radical (unpaired) electrons. The molecule has 20 heavy (non-hydrogen) atoms. The zero-order chi connectivity index (χ0) is 14.6. The van der Waals surface area contributed by atoms with Crippen molar-refractivity contribution in [2.24, 2.45) is 0 Å². The Morgan fingerprint density at radius 1 is 1.05 bits per heavy atom. The molecule has 1 aliphatic heterocycles. The minimum Gasteiger partial charge on any atom is -0.339 e. The molecule has 0 saturated carbocycles. The molecule has 2 nitrogen and oxygen atoms in total.